The maximum Gasteiger partial charge on any atom is 0.0484 e. The van der Waals surface area contributed by atoms with Crippen molar-refractivity contribution in [3.8, 4) is 0 Å². The van der Waals surface area contributed by atoms with Gasteiger partial charge in [-0.1, -0.05) is 23.7 Å². The van der Waals surface area contributed by atoms with Gasteiger partial charge in [0.2, 0.25) is 0 Å². The van der Waals surface area contributed by atoms with Crippen LogP contribution in [0, 0.1) is 3.57 Å². The topological polar surface area (TPSA) is 4.93 Å². The maximum atomic E-state index is 5.90. The molecule has 2 aromatic carbocycles. The molecule has 0 N–H and O–H groups in total. The van der Waals surface area contributed by atoms with Crippen LogP contribution in [0.4, 0.5) is 0 Å². The van der Waals surface area contributed by atoms with Crippen molar-refractivity contribution in [2.24, 2.45) is 0 Å². The molecule has 1 heterocycles. The van der Waals surface area contributed by atoms with Gasteiger partial charge in [-0.2, -0.15) is 0 Å². The number of hydrogen-bond acceptors (Lipinski definition) is 0. The van der Waals surface area contributed by atoms with Crippen LogP contribution in [-0.2, 0) is 6.54 Å². The number of halogens is 2. The lowest BCUT2D eigenvalue weighted by atomic mass is 10.2. The molecule has 0 fully saturated rings. The fraction of sp³-hybridized carbons (Fsp3) is 0.0667. The van der Waals surface area contributed by atoms with Crippen molar-refractivity contribution >= 4 is 45.1 Å². The second-order valence-electron chi connectivity index (χ2n) is 4.27. The van der Waals surface area contributed by atoms with E-state index in [0.717, 1.165) is 11.6 Å². The van der Waals surface area contributed by atoms with Gasteiger partial charge in [-0.15, -0.1) is 0 Å². The molecule has 0 bridgehead atoms. The molecule has 0 unspecified atom stereocenters. The van der Waals surface area contributed by atoms with Gasteiger partial charge in [0.1, 0.15) is 0 Å². The van der Waals surface area contributed by atoms with E-state index in [1.54, 1.807) is 0 Å². The number of hydrogen-bond donors (Lipinski definition) is 0. The molecule has 3 aromatic rings. The van der Waals surface area contributed by atoms with Crippen LogP contribution in [0.5, 0.6) is 0 Å². The SMILES string of the molecule is Clc1ccc(Cn2ccc3cc(I)ccc32)cc1. The van der Waals surface area contributed by atoms with Crippen LogP contribution < -0.4 is 0 Å². The Morgan fingerprint density at radius 2 is 1.78 bits per heavy atom. The van der Waals surface area contributed by atoms with E-state index in [1.807, 2.05) is 12.1 Å². The van der Waals surface area contributed by atoms with E-state index in [9.17, 15) is 0 Å². The van der Waals surface area contributed by atoms with Crippen LogP contribution in [0.3, 0.4) is 0 Å². The smallest absolute Gasteiger partial charge is 0.0484 e. The lowest BCUT2D eigenvalue weighted by Gasteiger charge is -2.06. The van der Waals surface area contributed by atoms with Crippen molar-refractivity contribution in [2.45, 2.75) is 6.54 Å². The van der Waals surface area contributed by atoms with Crippen molar-refractivity contribution < 1.29 is 0 Å². The molecule has 3 rings (SSSR count). The van der Waals surface area contributed by atoms with E-state index in [0.29, 0.717) is 0 Å². The van der Waals surface area contributed by atoms with E-state index in [-0.39, 0.29) is 0 Å². The summed E-state index contributed by atoms with van der Waals surface area (Å²) < 4.78 is 3.53. The Morgan fingerprint density at radius 1 is 1.00 bits per heavy atom. The molecule has 0 aliphatic rings. The second kappa shape index (κ2) is 4.94. The van der Waals surface area contributed by atoms with E-state index < -0.39 is 0 Å². The Morgan fingerprint density at radius 3 is 2.56 bits per heavy atom. The predicted molar refractivity (Wildman–Crippen MR) is 85.2 cm³/mol. The van der Waals surface area contributed by atoms with Gasteiger partial charge in [0.05, 0.1) is 0 Å². The third-order valence-corrected chi connectivity index (χ3v) is 3.92. The van der Waals surface area contributed by atoms with E-state index >= 15 is 0 Å². The summed E-state index contributed by atoms with van der Waals surface area (Å²) >= 11 is 8.24. The number of fused-ring (bicyclic) bond motifs is 1. The summed E-state index contributed by atoms with van der Waals surface area (Å²) in [5, 5.41) is 2.07. The minimum Gasteiger partial charge on any atom is -0.343 e. The molecular weight excluding hydrogens is 357 g/mol. The molecule has 0 radical (unpaired) electrons. The minimum atomic E-state index is 0.783. The first-order valence-electron chi connectivity index (χ1n) is 5.71. The first-order chi connectivity index (χ1) is 8.72. The van der Waals surface area contributed by atoms with Crippen LogP contribution in [0.15, 0.2) is 54.7 Å². The van der Waals surface area contributed by atoms with Gasteiger partial charge in [-0.3, -0.25) is 0 Å². The largest absolute Gasteiger partial charge is 0.343 e. The van der Waals surface area contributed by atoms with Crippen LogP contribution >= 0.6 is 34.2 Å². The molecule has 0 spiro atoms. The minimum absolute atomic E-state index is 0.783. The van der Waals surface area contributed by atoms with Crippen LogP contribution in [0.2, 0.25) is 5.02 Å². The molecule has 18 heavy (non-hydrogen) atoms. The van der Waals surface area contributed by atoms with E-state index in [2.05, 4.69) is 69.8 Å². The molecule has 1 nitrogen and oxygen atoms in total. The molecular formula is C15H11ClIN. The first-order valence-corrected chi connectivity index (χ1v) is 7.17. The second-order valence-corrected chi connectivity index (χ2v) is 5.96. The summed E-state index contributed by atoms with van der Waals surface area (Å²) in [7, 11) is 0. The van der Waals surface area contributed by atoms with Crippen LogP contribution in [0.25, 0.3) is 10.9 Å². The fourth-order valence-electron chi connectivity index (χ4n) is 2.10. The molecule has 3 heteroatoms. The molecule has 0 amide bonds. The van der Waals surface area contributed by atoms with E-state index in [4.69, 9.17) is 11.6 Å². The maximum absolute atomic E-state index is 5.90. The van der Waals surface area contributed by atoms with Gasteiger partial charge in [-0.25, -0.2) is 0 Å². The van der Waals surface area contributed by atoms with Crippen molar-refractivity contribution in [1.29, 1.82) is 0 Å². The molecule has 90 valence electrons. The summed E-state index contributed by atoms with van der Waals surface area (Å²) in [4.78, 5) is 0. The molecule has 0 aliphatic heterocycles. The average Bonchev–Trinajstić information content (AvgIpc) is 2.74. The van der Waals surface area contributed by atoms with Gasteiger partial charge in [0.15, 0.2) is 0 Å². The van der Waals surface area contributed by atoms with Gasteiger partial charge in [0, 0.05) is 32.2 Å². The normalized spacial score (nSPS) is 11.0. The highest BCUT2D eigenvalue weighted by atomic mass is 127. The Bertz CT molecular complexity index is 685. The highest BCUT2D eigenvalue weighted by Crippen LogP contribution is 2.20. The summed E-state index contributed by atoms with van der Waals surface area (Å²) in [5.74, 6) is 0. The zero-order chi connectivity index (χ0) is 12.5. The Hall–Kier alpha value is -1.00. The van der Waals surface area contributed by atoms with Crippen LogP contribution in [0.1, 0.15) is 5.56 Å². The monoisotopic (exact) mass is 367 g/mol. The van der Waals surface area contributed by atoms with Gasteiger partial charge >= 0.3 is 0 Å². The molecule has 0 aliphatic carbocycles. The van der Waals surface area contributed by atoms with Gasteiger partial charge in [0.25, 0.3) is 0 Å². The first kappa shape index (κ1) is 12.1. The van der Waals surface area contributed by atoms with Crippen molar-refractivity contribution in [3.05, 3.63) is 68.9 Å². The Labute approximate surface area is 125 Å². The number of aromatic nitrogens is 1. The number of benzene rings is 2. The third kappa shape index (κ3) is 2.40. The molecule has 0 atom stereocenters. The molecule has 0 saturated carbocycles. The number of rotatable bonds is 2. The quantitative estimate of drug-likeness (QED) is 0.565. The van der Waals surface area contributed by atoms with Crippen LogP contribution in [-0.4, -0.2) is 4.57 Å². The van der Waals surface area contributed by atoms with Crippen molar-refractivity contribution in [2.75, 3.05) is 0 Å². The average molecular weight is 368 g/mol. The summed E-state index contributed by atoms with van der Waals surface area (Å²) in [6, 6.07) is 16.7. The lowest BCUT2D eigenvalue weighted by Crippen LogP contribution is -1.97. The highest BCUT2D eigenvalue weighted by Gasteiger charge is 2.02. The summed E-state index contributed by atoms with van der Waals surface area (Å²) in [6.45, 7) is 0.876. The van der Waals surface area contributed by atoms with Crippen molar-refractivity contribution in [3.63, 3.8) is 0 Å². The standard InChI is InChI=1S/C15H11ClIN/c16-13-3-1-11(2-4-13)10-18-8-7-12-9-14(17)5-6-15(12)18/h1-9H,10H2. The molecule has 0 saturated heterocycles. The zero-order valence-electron chi connectivity index (χ0n) is 9.61. The third-order valence-electron chi connectivity index (χ3n) is 3.00. The summed E-state index contributed by atoms with van der Waals surface area (Å²) in [5.41, 5.74) is 2.53. The zero-order valence-corrected chi connectivity index (χ0v) is 12.5. The van der Waals surface area contributed by atoms with E-state index in [1.165, 1.54) is 20.0 Å². The molecule has 1 aromatic heterocycles. The van der Waals surface area contributed by atoms with Crippen molar-refractivity contribution in [1.82, 2.24) is 4.57 Å². The Kier molecular flexibility index (Phi) is 3.31. The van der Waals surface area contributed by atoms with Gasteiger partial charge in [-0.05, 0) is 64.6 Å². The van der Waals surface area contributed by atoms with Gasteiger partial charge < -0.3 is 4.57 Å². The fourth-order valence-corrected chi connectivity index (χ4v) is 2.74. The predicted octanol–water partition coefficient (Wildman–Crippen LogP) is 4.95. The highest BCUT2D eigenvalue weighted by molar-refractivity contribution is 14.1. The number of nitrogens with zero attached hydrogens (tertiary/aromatic N) is 1. The lowest BCUT2D eigenvalue weighted by molar-refractivity contribution is 0.837. The Balaban J connectivity index is 1.97. The summed E-state index contributed by atoms with van der Waals surface area (Å²) in [6.07, 6.45) is 2.13.